The minimum Gasteiger partial charge on any atom is -0.353 e. The van der Waals surface area contributed by atoms with Gasteiger partial charge in [0, 0.05) is 41.4 Å². The Morgan fingerprint density at radius 2 is 1.90 bits per heavy atom. The second-order valence-electron chi connectivity index (χ2n) is 7.98. The molecule has 0 aliphatic heterocycles. The lowest BCUT2D eigenvalue weighted by atomic mass is 9.95. The predicted molar refractivity (Wildman–Crippen MR) is 117 cm³/mol. The van der Waals surface area contributed by atoms with Gasteiger partial charge < -0.3 is 9.88 Å². The van der Waals surface area contributed by atoms with Crippen molar-refractivity contribution >= 4 is 23.3 Å². The van der Waals surface area contributed by atoms with Gasteiger partial charge in [0.15, 0.2) is 5.82 Å². The number of carbonyl (C=O) groups is 1. The Hall–Kier alpha value is -2.67. The summed E-state index contributed by atoms with van der Waals surface area (Å²) in [5, 5.41) is 8.17. The van der Waals surface area contributed by atoms with E-state index in [4.69, 9.17) is 11.6 Å². The molecule has 0 atom stereocenters. The van der Waals surface area contributed by atoms with Crippen molar-refractivity contribution in [3.8, 4) is 11.4 Å². The molecule has 2 aromatic heterocycles. The molecule has 0 spiro atoms. The van der Waals surface area contributed by atoms with E-state index < -0.39 is 0 Å². The molecule has 8 heteroatoms. The third kappa shape index (κ3) is 4.12. The summed E-state index contributed by atoms with van der Waals surface area (Å²) in [6, 6.07) is 7.45. The SMILES string of the molecule is Cc1c(CCC(=O)NC2CCCCC2)c(=O)n2nc(-c3ccc(Cl)cc3)nc2n1C. The highest BCUT2D eigenvalue weighted by molar-refractivity contribution is 6.30. The number of hydrogen-bond acceptors (Lipinski definition) is 4. The summed E-state index contributed by atoms with van der Waals surface area (Å²) in [6.45, 7) is 1.88. The Morgan fingerprint density at radius 3 is 2.60 bits per heavy atom. The van der Waals surface area contributed by atoms with Crippen molar-refractivity contribution in [2.75, 3.05) is 0 Å². The smallest absolute Gasteiger partial charge is 0.279 e. The Labute approximate surface area is 180 Å². The van der Waals surface area contributed by atoms with Gasteiger partial charge in [0.05, 0.1) is 0 Å². The van der Waals surface area contributed by atoms with Crippen molar-refractivity contribution in [2.24, 2.45) is 7.05 Å². The van der Waals surface area contributed by atoms with Crippen molar-refractivity contribution < 1.29 is 4.79 Å². The first-order chi connectivity index (χ1) is 14.4. The number of amides is 1. The maximum Gasteiger partial charge on any atom is 0.279 e. The molecule has 1 saturated carbocycles. The zero-order valence-electron chi connectivity index (χ0n) is 17.3. The van der Waals surface area contributed by atoms with Crippen LogP contribution in [0, 0.1) is 6.92 Å². The lowest BCUT2D eigenvalue weighted by Crippen LogP contribution is -2.36. The normalized spacial score (nSPS) is 14.9. The fourth-order valence-corrected chi connectivity index (χ4v) is 4.21. The molecule has 4 rings (SSSR count). The van der Waals surface area contributed by atoms with Crippen molar-refractivity contribution in [1.82, 2.24) is 24.5 Å². The van der Waals surface area contributed by atoms with Crippen LogP contribution in [0.25, 0.3) is 17.2 Å². The van der Waals surface area contributed by atoms with E-state index >= 15 is 0 Å². The Kier molecular flexibility index (Phi) is 5.90. The predicted octanol–water partition coefficient (Wildman–Crippen LogP) is 3.44. The minimum absolute atomic E-state index is 0.00361. The molecule has 1 aliphatic rings. The molecule has 7 nitrogen and oxygen atoms in total. The van der Waals surface area contributed by atoms with Crippen LogP contribution in [0.15, 0.2) is 29.1 Å². The number of benzene rings is 1. The first-order valence-corrected chi connectivity index (χ1v) is 10.8. The molecule has 1 fully saturated rings. The van der Waals surface area contributed by atoms with Gasteiger partial charge in [-0.05, 0) is 50.5 Å². The maximum atomic E-state index is 13.1. The zero-order chi connectivity index (χ0) is 21.3. The molecule has 30 heavy (non-hydrogen) atoms. The fraction of sp³-hybridized carbons (Fsp3) is 0.455. The highest BCUT2D eigenvalue weighted by Gasteiger charge is 2.19. The lowest BCUT2D eigenvalue weighted by Gasteiger charge is -2.22. The quantitative estimate of drug-likeness (QED) is 0.676. The summed E-state index contributed by atoms with van der Waals surface area (Å²) in [4.78, 5) is 30.0. The number of rotatable bonds is 5. The van der Waals surface area contributed by atoms with Crippen molar-refractivity contribution in [1.29, 1.82) is 0 Å². The summed E-state index contributed by atoms with van der Waals surface area (Å²) in [7, 11) is 1.86. The number of fused-ring (bicyclic) bond motifs is 1. The van der Waals surface area contributed by atoms with Crippen LogP contribution in [0.4, 0.5) is 0 Å². The van der Waals surface area contributed by atoms with E-state index in [1.54, 1.807) is 12.1 Å². The molecule has 1 N–H and O–H groups in total. The average Bonchev–Trinajstić information content (AvgIpc) is 3.19. The number of carbonyl (C=O) groups excluding carboxylic acids is 1. The van der Waals surface area contributed by atoms with Gasteiger partial charge in [-0.25, -0.2) is 0 Å². The maximum absolute atomic E-state index is 13.1. The Morgan fingerprint density at radius 1 is 1.20 bits per heavy atom. The van der Waals surface area contributed by atoms with Crippen molar-refractivity contribution in [3.63, 3.8) is 0 Å². The molecular formula is C22H26ClN5O2. The molecule has 1 aromatic carbocycles. The minimum atomic E-state index is -0.223. The average molecular weight is 428 g/mol. The Balaban J connectivity index is 1.58. The van der Waals surface area contributed by atoms with E-state index in [1.807, 2.05) is 30.7 Å². The van der Waals surface area contributed by atoms with E-state index in [0.717, 1.165) is 24.1 Å². The van der Waals surface area contributed by atoms with Gasteiger partial charge in [-0.3, -0.25) is 9.59 Å². The van der Waals surface area contributed by atoms with Gasteiger partial charge >= 0.3 is 0 Å². The van der Waals surface area contributed by atoms with E-state index in [-0.39, 0.29) is 23.9 Å². The monoisotopic (exact) mass is 427 g/mol. The number of aromatic nitrogens is 4. The van der Waals surface area contributed by atoms with Gasteiger partial charge in [0.1, 0.15) is 0 Å². The summed E-state index contributed by atoms with van der Waals surface area (Å²) in [5.74, 6) is 0.938. The third-order valence-electron chi connectivity index (χ3n) is 5.96. The number of nitrogens with zero attached hydrogens (tertiary/aromatic N) is 4. The largest absolute Gasteiger partial charge is 0.353 e. The first-order valence-electron chi connectivity index (χ1n) is 10.4. The van der Waals surface area contributed by atoms with Gasteiger partial charge in [-0.1, -0.05) is 30.9 Å². The zero-order valence-corrected chi connectivity index (χ0v) is 18.1. The first kappa shape index (κ1) is 20.6. The van der Waals surface area contributed by atoms with Crippen LogP contribution in [0.1, 0.15) is 49.8 Å². The lowest BCUT2D eigenvalue weighted by molar-refractivity contribution is -0.121. The molecule has 158 valence electrons. The number of nitrogens with one attached hydrogen (secondary N) is 1. The van der Waals surface area contributed by atoms with E-state index in [1.165, 1.54) is 23.8 Å². The molecule has 3 aromatic rings. The number of halogens is 1. The summed E-state index contributed by atoms with van der Waals surface area (Å²) in [6.07, 6.45) is 6.35. The summed E-state index contributed by atoms with van der Waals surface area (Å²) in [5.41, 5.74) is 1.96. The third-order valence-corrected chi connectivity index (χ3v) is 6.21. The van der Waals surface area contributed by atoms with Crippen molar-refractivity contribution in [2.45, 2.75) is 57.9 Å². The van der Waals surface area contributed by atoms with Crippen LogP contribution < -0.4 is 10.9 Å². The molecule has 2 heterocycles. The van der Waals surface area contributed by atoms with E-state index in [0.29, 0.717) is 28.6 Å². The second kappa shape index (κ2) is 8.60. The molecule has 0 bridgehead atoms. The van der Waals surface area contributed by atoms with E-state index in [9.17, 15) is 9.59 Å². The molecule has 0 radical (unpaired) electrons. The topological polar surface area (TPSA) is 81.3 Å². The van der Waals surface area contributed by atoms with Gasteiger partial charge in [-0.2, -0.15) is 9.50 Å². The Bertz CT molecular complexity index is 1130. The highest BCUT2D eigenvalue weighted by Crippen LogP contribution is 2.20. The van der Waals surface area contributed by atoms with Crippen LogP contribution in [0.2, 0.25) is 5.02 Å². The summed E-state index contributed by atoms with van der Waals surface area (Å²) >= 11 is 5.96. The number of hydrogen-bond donors (Lipinski definition) is 1. The van der Waals surface area contributed by atoms with Gasteiger partial charge in [0.2, 0.25) is 11.7 Å². The van der Waals surface area contributed by atoms with Crippen molar-refractivity contribution in [3.05, 3.63) is 50.9 Å². The fourth-order valence-electron chi connectivity index (χ4n) is 4.09. The van der Waals surface area contributed by atoms with Crippen LogP contribution in [-0.2, 0) is 18.3 Å². The molecule has 1 amide bonds. The standard InChI is InChI=1S/C22H26ClN5O2/c1-14-18(12-13-19(29)24-17-6-4-3-5-7-17)21(30)28-22(27(14)2)25-20(26-28)15-8-10-16(23)11-9-15/h8-11,17H,3-7,12-13H2,1-2H3,(H,24,29). The summed E-state index contributed by atoms with van der Waals surface area (Å²) < 4.78 is 3.17. The van der Waals surface area contributed by atoms with Crippen LogP contribution >= 0.6 is 11.6 Å². The van der Waals surface area contributed by atoms with Crippen LogP contribution in [0.5, 0.6) is 0 Å². The van der Waals surface area contributed by atoms with Crippen LogP contribution in [0.3, 0.4) is 0 Å². The van der Waals surface area contributed by atoms with Gasteiger partial charge in [0.25, 0.3) is 5.56 Å². The van der Waals surface area contributed by atoms with Gasteiger partial charge in [-0.15, -0.1) is 5.10 Å². The van der Waals surface area contributed by atoms with Crippen LogP contribution in [-0.4, -0.2) is 31.1 Å². The van der Waals surface area contributed by atoms with E-state index in [2.05, 4.69) is 15.4 Å². The number of aryl methyl sites for hydroxylation is 1. The molecule has 1 aliphatic carbocycles. The molecular weight excluding hydrogens is 402 g/mol. The second-order valence-corrected chi connectivity index (χ2v) is 8.42. The highest BCUT2D eigenvalue weighted by atomic mass is 35.5. The molecule has 0 unspecified atom stereocenters. The molecule has 0 saturated heterocycles.